The van der Waals surface area contributed by atoms with E-state index in [1.54, 1.807) is 6.08 Å². The van der Waals surface area contributed by atoms with Gasteiger partial charge in [-0.2, -0.15) is 0 Å². The minimum Gasteiger partial charge on any atom is -0.756 e. The van der Waals surface area contributed by atoms with E-state index < -0.39 is 20.0 Å². The Morgan fingerprint density at radius 3 is 1.12 bits per heavy atom. The number of hydrogen-bond donors (Lipinski definition) is 2. The molecule has 1 amide bonds. The second-order valence-electron chi connectivity index (χ2n) is 23.5. The second kappa shape index (κ2) is 56.4. The zero-order valence-corrected chi connectivity index (χ0v) is 51.0. The summed E-state index contributed by atoms with van der Waals surface area (Å²) < 4.78 is 23.4. The third-order valence-corrected chi connectivity index (χ3v) is 15.8. The van der Waals surface area contributed by atoms with Gasteiger partial charge in [0.05, 0.1) is 39.9 Å². The molecule has 0 aromatic heterocycles. The summed E-state index contributed by atoms with van der Waals surface area (Å²) in [6.45, 7) is 4.69. The van der Waals surface area contributed by atoms with E-state index in [4.69, 9.17) is 9.05 Å². The van der Waals surface area contributed by atoms with E-state index in [1.165, 1.54) is 257 Å². The zero-order chi connectivity index (χ0) is 54.2. The van der Waals surface area contributed by atoms with Gasteiger partial charge in [0.1, 0.15) is 13.2 Å². The number of rotatable bonds is 60. The second-order valence-corrected chi connectivity index (χ2v) is 24.9. The van der Waals surface area contributed by atoms with E-state index in [-0.39, 0.29) is 19.1 Å². The van der Waals surface area contributed by atoms with Crippen LogP contribution in [-0.4, -0.2) is 68.5 Å². The van der Waals surface area contributed by atoms with Gasteiger partial charge in [0.2, 0.25) is 5.91 Å². The summed E-state index contributed by atoms with van der Waals surface area (Å²) in [7, 11) is 1.27. The van der Waals surface area contributed by atoms with Crippen LogP contribution in [0.2, 0.25) is 0 Å². The molecule has 8 nitrogen and oxygen atoms in total. The average molecular weight is 1060 g/mol. The fourth-order valence-corrected chi connectivity index (χ4v) is 10.5. The highest BCUT2D eigenvalue weighted by atomic mass is 31.2. The van der Waals surface area contributed by atoms with Crippen molar-refractivity contribution in [2.75, 3.05) is 40.9 Å². The van der Waals surface area contributed by atoms with Gasteiger partial charge in [0.15, 0.2) is 0 Å². The molecule has 0 aliphatic rings. The molecule has 0 aliphatic carbocycles. The summed E-state index contributed by atoms with van der Waals surface area (Å²) in [4.78, 5) is 25.5. The average Bonchev–Trinajstić information content (AvgIpc) is 3.36. The first kappa shape index (κ1) is 72.7. The van der Waals surface area contributed by atoms with Crippen molar-refractivity contribution in [3.05, 3.63) is 36.5 Å². The summed E-state index contributed by atoms with van der Waals surface area (Å²) in [5.74, 6) is -0.193. The zero-order valence-electron chi connectivity index (χ0n) is 50.1. The van der Waals surface area contributed by atoms with Crippen molar-refractivity contribution in [3.8, 4) is 0 Å². The number of aliphatic hydroxyl groups is 1. The lowest BCUT2D eigenvalue weighted by Gasteiger charge is -2.29. The van der Waals surface area contributed by atoms with Crippen molar-refractivity contribution in [3.63, 3.8) is 0 Å². The molecule has 74 heavy (non-hydrogen) atoms. The van der Waals surface area contributed by atoms with Crippen LogP contribution in [0.4, 0.5) is 0 Å². The molecular formula is C65H127N2O6P. The number of carbonyl (C=O) groups excluding carboxylic acids is 1. The SMILES string of the molecule is CCCCCCCCCCCCC/C=C\C/C=C\CCCCCCCCCCCCCCCCCCCC(=O)NC(COP(=O)([O-])OCC[N+](C)(C)C)C(O)/C=C/CCCCCCCCCCCCCCCCC. The van der Waals surface area contributed by atoms with Crippen LogP contribution in [0.1, 0.15) is 322 Å². The number of quaternary nitrogens is 1. The molecular weight excluding hydrogens is 936 g/mol. The van der Waals surface area contributed by atoms with E-state index in [2.05, 4.69) is 43.5 Å². The summed E-state index contributed by atoms with van der Waals surface area (Å²) in [5.41, 5.74) is 0. The van der Waals surface area contributed by atoms with Crippen LogP contribution in [0.15, 0.2) is 36.5 Å². The minimum atomic E-state index is -4.60. The Morgan fingerprint density at radius 2 is 0.784 bits per heavy atom. The maximum Gasteiger partial charge on any atom is 0.268 e. The van der Waals surface area contributed by atoms with E-state index in [0.717, 1.165) is 44.9 Å². The van der Waals surface area contributed by atoms with Crippen molar-refractivity contribution in [2.24, 2.45) is 0 Å². The van der Waals surface area contributed by atoms with Gasteiger partial charge in [-0.15, -0.1) is 0 Å². The Morgan fingerprint density at radius 1 is 0.473 bits per heavy atom. The topological polar surface area (TPSA) is 108 Å². The van der Waals surface area contributed by atoms with Crippen LogP contribution in [0.25, 0.3) is 0 Å². The molecule has 3 unspecified atom stereocenters. The number of unbranched alkanes of at least 4 members (excludes halogenated alkanes) is 43. The molecule has 0 saturated heterocycles. The molecule has 0 heterocycles. The van der Waals surface area contributed by atoms with Gasteiger partial charge in [-0.3, -0.25) is 9.36 Å². The fraction of sp³-hybridized carbons (Fsp3) is 0.892. The molecule has 3 atom stereocenters. The molecule has 0 saturated carbocycles. The number of phosphoric acid groups is 1. The van der Waals surface area contributed by atoms with Crippen LogP contribution in [-0.2, 0) is 18.4 Å². The molecule has 0 bridgehead atoms. The standard InChI is InChI=1S/C65H127N2O6P/c1-6-8-10-12-14-16-18-20-22-24-25-26-27-28-29-30-31-32-33-34-35-36-37-38-39-40-41-43-45-47-49-51-53-55-57-59-65(69)66-63(62-73-74(70,71)72-61-60-67(3,4)5)64(68)58-56-54-52-50-48-46-44-42-23-21-19-17-15-13-11-9-7-2/h27-28,30-31,56,58,63-64,68H,6-26,29,32-55,57,59-62H2,1-5H3,(H-,66,69,70,71)/b28-27-,31-30-,58-56+. The number of phosphoric ester groups is 1. The number of carbonyl (C=O) groups is 1. The van der Waals surface area contributed by atoms with E-state index >= 15 is 0 Å². The molecule has 0 aliphatic heterocycles. The lowest BCUT2D eigenvalue weighted by Crippen LogP contribution is -2.45. The van der Waals surface area contributed by atoms with Gasteiger partial charge in [-0.1, -0.05) is 301 Å². The highest BCUT2D eigenvalue weighted by Crippen LogP contribution is 2.38. The van der Waals surface area contributed by atoms with Crippen molar-refractivity contribution in [1.82, 2.24) is 5.32 Å². The maximum atomic E-state index is 13.0. The highest BCUT2D eigenvalue weighted by Gasteiger charge is 2.23. The fourth-order valence-electron chi connectivity index (χ4n) is 9.78. The molecule has 2 N–H and O–H groups in total. The third kappa shape index (κ3) is 58.4. The molecule has 0 spiro atoms. The van der Waals surface area contributed by atoms with Gasteiger partial charge in [0, 0.05) is 6.42 Å². The van der Waals surface area contributed by atoms with Crippen LogP contribution in [0.5, 0.6) is 0 Å². The van der Waals surface area contributed by atoms with Crippen molar-refractivity contribution in [2.45, 2.75) is 334 Å². The number of nitrogens with one attached hydrogen (secondary N) is 1. The Labute approximate surface area is 461 Å². The van der Waals surface area contributed by atoms with Crippen LogP contribution in [0.3, 0.4) is 0 Å². The Bertz CT molecular complexity index is 1300. The summed E-state index contributed by atoms with van der Waals surface area (Å²) in [6.07, 6.45) is 73.9. The van der Waals surface area contributed by atoms with Gasteiger partial charge in [-0.05, 0) is 51.4 Å². The first-order chi connectivity index (χ1) is 36.0. The van der Waals surface area contributed by atoms with Crippen molar-refractivity contribution in [1.29, 1.82) is 0 Å². The van der Waals surface area contributed by atoms with Crippen molar-refractivity contribution >= 4 is 13.7 Å². The monoisotopic (exact) mass is 1060 g/mol. The van der Waals surface area contributed by atoms with Crippen LogP contribution in [0, 0.1) is 0 Å². The predicted molar refractivity (Wildman–Crippen MR) is 321 cm³/mol. The molecule has 0 radical (unpaired) electrons. The van der Waals surface area contributed by atoms with E-state index in [0.29, 0.717) is 17.4 Å². The van der Waals surface area contributed by atoms with Crippen LogP contribution < -0.4 is 10.2 Å². The largest absolute Gasteiger partial charge is 0.756 e. The van der Waals surface area contributed by atoms with Crippen molar-refractivity contribution < 1.29 is 32.9 Å². The predicted octanol–water partition coefficient (Wildman–Crippen LogP) is 19.5. The quantitative estimate of drug-likeness (QED) is 0.0272. The molecule has 438 valence electrons. The Hall–Kier alpha value is -1.28. The summed E-state index contributed by atoms with van der Waals surface area (Å²) in [5, 5.41) is 13.9. The van der Waals surface area contributed by atoms with Gasteiger partial charge in [-0.25, -0.2) is 0 Å². The minimum absolute atomic E-state index is 0.000503. The first-order valence-corrected chi connectivity index (χ1v) is 33.8. The first-order valence-electron chi connectivity index (χ1n) is 32.4. The summed E-state index contributed by atoms with van der Waals surface area (Å²) >= 11 is 0. The number of amides is 1. The number of nitrogens with zero attached hydrogens (tertiary/aromatic N) is 1. The van der Waals surface area contributed by atoms with E-state index in [9.17, 15) is 19.4 Å². The number of likely N-dealkylation sites (N-methyl/N-ethyl adjacent to an activating group) is 1. The molecule has 0 rings (SSSR count). The molecule has 9 heteroatoms. The highest BCUT2D eigenvalue weighted by molar-refractivity contribution is 7.45. The van der Waals surface area contributed by atoms with Crippen LogP contribution >= 0.6 is 7.82 Å². The summed E-state index contributed by atoms with van der Waals surface area (Å²) in [6, 6.07) is -0.886. The lowest BCUT2D eigenvalue weighted by molar-refractivity contribution is -0.870. The number of allylic oxidation sites excluding steroid dienone is 5. The number of hydrogen-bond acceptors (Lipinski definition) is 6. The lowest BCUT2D eigenvalue weighted by atomic mass is 10.0. The maximum absolute atomic E-state index is 13.0. The Balaban J connectivity index is 4.00. The van der Waals surface area contributed by atoms with Gasteiger partial charge < -0.3 is 28.8 Å². The Kier molecular flexibility index (Phi) is 55.5. The van der Waals surface area contributed by atoms with Gasteiger partial charge >= 0.3 is 0 Å². The molecule has 0 fully saturated rings. The smallest absolute Gasteiger partial charge is 0.268 e. The normalized spacial score (nSPS) is 14.0. The van der Waals surface area contributed by atoms with E-state index in [1.807, 2.05) is 27.2 Å². The number of aliphatic hydroxyl groups excluding tert-OH is 1. The third-order valence-electron chi connectivity index (χ3n) is 14.8. The van der Waals surface area contributed by atoms with Gasteiger partial charge in [0.25, 0.3) is 7.82 Å². The molecule has 0 aromatic carbocycles. The molecule has 0 aromatic rings.